The third-order valence-corrected chi connectivity index (χ3v) is 0.580. The first-order valence-corrected chi connectivity index (χ1v) is 3.29. The molecule has 0 aliphatic heterocycles. The third kappa shape index (κ3) is 17.6. The molecule has 5 heteroatoms. The van der Waals surface area contributed by atoms with Gasteiger partial charge in [-0.05, 0) is 6.92 Å². The van der Waals surface area contributed by atoms with E-state index < -0.39 is 0 Å². The summed E-state index contributed by atoms with van der Waals surface area (Å²) in [6.45, 7) is 1.94. The van der Waals surface area contributed by atoms with Crippen molar-refractivity contribution in [1.82, 2.24) is 5.32 Å². The highest BCUT2D eigenvalue weighted by Gasteiger charge is 1.89. The van der Waals surface area contributed by atoms with Crippen molar-refractivity contribution >= 4 is 6.09 Å². The van der Waals surface area contributed by atoms with E-state index in [9.17, 15) is 4.79 Å². The third-order valence-electron chi connectivity index (χ3n) is 0.580. The van der Waals surface area contributed by atoms with Crippen LogP contribution >= 0.6 is 0 Å². The number of aliphatic hydroxyl groups is 2. The molecule has 0 aliphatic carbocycles. The molecule has 0 heterocycles. The van der Waals surface area contributed by atoms with Crippen molar-refractivity contribution in [1.29, 1.82) is 0 Å². The summed E-state index contributed by atoms with van der Waals surface area (Å²) < 4.78 is 4.44. The monoisotopic (exact) mass is 165 g/mol. The zero-order valence-corrected chi connectivity index (χ0v) is 6.83. The molecule has 68 valence electrons. The molecule has 0 spiro atoms. The molecule has 3 N–H and O–H groups in total. The first-order chi connectivity index (χ1) is 5.22. The predicted molar refractivity (Wildman–Crippen MR) is 40.3 cm³/mol. The second kappa shape index (κ2) is 11.9. The SMILES string of the molecule is CCOC(=O)NC.OCCO. The normalized spacial score (nSPS) is 7.64. The average molecular weight is 165 g/mol. The van der Waals surface area contributed by atoms with E-state index in [1.54, 1.807) is 6.92 Å². The number of hydrogen-bond donors (Lipinski definition) is 3. The number of ether oxygens (including phenoxy) is 1. The molecule has 0 aromatic carbocycles. The Labute approximate surface area is 66.0 Å². The first kappa shape index (κ1) is 12.8. The Balaban J connectivity index is 0. The fourth-order valence-corrected chi connectivity index (χ4v) is 0.203. The van der Waals surface area contributed by atoms with Gasteiger partial charge in [0.05, 0.1) is 19.8 Å². The molecule has 0 fully saturated rings. The smallest absolute Gasteiger partial charge is 0.406 e. The molecule has 11 heavy (non-hydrogen) atoms. The van der Waals surface area contributed by atoms with Crippen molar-refractivity contribution in [3.8, 4) is 0 Å². The molecule has 0 radical (unpaired) electrons. The molecule has 0 saturated heterocycles. The Morgan fingerprint density at radius 2 is 1.91 bits per heavy atom. The number of alkyl carbamates (subject to hydrolysis) is 1. The minimum atomic E-state index is -0.373. The topological polar surface area (TPSA) is 78.8 Å². The average Bonchev–Trinajstić information content (AvgIpc) is 2.05. The van der Waals surface area contributed by atoms with Crippen LogP contribution in [0.4, 0.5) is 4.79 Å². The molecule has 5 nitrogen and oxygen atoms in total. The number of nitrogens with one attached hydrogen (secondary N) is 1. The van der Waals surface area contributed by atoms with Gasteiger partial charge in [-0.25, -0.2) is 4.79 Å². The molecule has 1 amide bonds. The van der Waals surface area contributed by atoms with Crippen molar-refractivity contribution < 1.29 is 19.7 Å². The quantitative estimate of drug-likeness (QED) is 0.507. The van der Waals surface area contributed by atoms with E-state index in [1.807, 2.05) is 0 Å². The zero-order valence-electron chi connectivity index (χ0n) is 6.83. The van der Waals surface area contributed by atoms with Gasteiger partial charge in [-0.3, -0.25) is 0 Å². The van der Waals surface area contributed by atoms with Gasteiger partial charge in [-0.15, -0.1) is 0 Å². The second-order valence-corrected chi connectivity index (χ2v) is 1.42. The van der Waals surface area contributed by atoms with Crippen LogP contribution in [0.5, 0.6) is 0 Å². The Kier molecular flexibility index (Phi) is 13.9. The number of amides is 1. The van der Waals surface area contributed by atoms with Gasteiger partial charge in [0.2, 0.25) is 0 Å². The largest absolute Gasteiger partial charge is 0.450 e. The zero-order chi connectivity index (χ0) is 9.11. The summed E-state index contributed by atoms with van der Waals surface area (Å²) in [5.74, 6) is 0. The number of hydrogen-bond acceptors (Lipinski definition) is 4. The van der Waals surface area contributed by atoms with Gasteiger partial charge < -0.3 is 20.3 Å². The standard InChI is InChI=1S/C4H9NO2.C2H6O2/c1-3-7-4(6)5-2;3-1-2-4/h3H2,1-2H3,(H,5,6);3-4H,1-2H2. The summed E-state index contributed by atoms with van der Waals surface area (Å²) in [6.07, 6.45) is -0.373. The summed E-state index contributed by atoms with van der Waals surface area (Å²) in [7, 11) is 1.53. The lowest BCUT2D eigenvalue weighted by Gasteiger charge is -1.95. The van der Waals surface area contributed by atoms with E-state index in [0.29, 0.717) is 6.61 Å². The maximum absolute atomic E-state index is 10.1. The lowest BCUT2D eigenvalue weighted by atomic mass is 10.8. The molecule has 0 aromatic rings. The molecule has 0 saturated carbocycles. The lowest BCUT2D eigenvalue weighted by molar-refractivity contribution is 0.154. The summed E-state index contributed by atoms with van der Waals surface area (Å²) in [5, 5.41) is 17.6. The Morgan fingerprint density at radius 1 is 1.45 bits per heavy atom. The Hall–Kier alpha value is -0.810. The highest BCUT2D eigenvalue weighted by atomic mass is 16.5. The molecule has 0 bridgehead atoms. The predicted octanol–water partition coefficient (Wildman–Crippen LogP) is -0.667. The van der Waals surface area contributed by atoms with Crippen LogP contribution in [-0.2, 0) is 4.74 Å². The number of carbonyl (C=O) groups is 1. The maximum Gasteiger partial charge on any atom is 0.406 e. The summed E-state index contributed by atoms with van der Waals surface area (Å²) in [5.41, 5.74) is 0. The minimum Gasteiger partial charge on any atom is -0.450 e. The van der Waals surface area contributed by atoms with Crippen molar-refractivity contribution in [2.45, 2.75) is 6.92 Å². The van der Waals surface area contributed by atoms with Crippen LogP contribution in [0.1, 0.15) is 6.92 Å². The van der Waals surface area contributed by atoms with Crippen LogP contribution in [0.25, 0.3) is 0 Å². The van der Waals surface area contributed by atoms with Crippen molar-refractivity contribution in [3.63, 3.8) is 0 Å². The van der Waals surface area contributed by atoms with E-state index in [4.69, 9.17) is 10.2 Å². The van der Waals surface area contributed by atoms with E-state index >= 15 is 0 Å². The minimum absolute atomic E-state index is 0.125. The number of carbonyl (C=O) groups excluding carboxylic acids is 1. The van der Waals surface area contributed by atoms with Gasteiger partial charge in [0.25, 0.3) is 0 Å². The number of rotatable bonds is 2. The first-order valence-electron chi connectivity index (χ1n) is 3.29. The summed E-state index contributed by atoms with van der Waals surface area (Å²) in [4.78, 5) is 10.1. The van der Waals surface area contributed by atoms with Crippen LogP contribution in [0.3, 0.4) is 0 Å². The van der Waals surface area contributed by atoms with E-state index in [1.165, 1.54) is 7.05 Å². The maximum atomic E-state index is 10.1. The molecule has 0 atom stereocenters. The van der Waals surface area contributed by atoms with E-state index in [0.717, 1.165) is 0 Å². The van der Waals surface area contributed by atoms with Gasteiger partial charge >= 0.3 is 6.09 Å². The van der Waals surface area contributed by atoms with Crippen molar-refractivity contribution in [2.75, 3.05) is 26.9 Å². The molecule has 0 aliphatic rings. The van der Waals surface area contributed by atoms with E-state index in [-0.39, 0.29) is 19.3 Å². The molecular formula is C6H15NO4. The summed E-state index contributed by atoms with van der Waals surface area (Å²) >= 11 is 0. The highest BCUT2D eigenvalue weighted by Crippen LogP contribution is 1.70. The fourth-order valence-electron chi connectivity index (χ4n) is 0.203. The van der Waals surface area contributed by atoms with Crippen LogP contribution in [0.15, 0.2) is 0 Å². The molecule has 0 unspecified atom stereocenters. The Bertz CT molecular complexity index is 84.7. The van der Waals surface area contributed by atoms with E-state index in [2.05, 4.69) is 10.1 Å². The van der Waals surface area contributed by atoms with Gasteiger partial charge in [0.15, 0.2) is 0 Å². The van der Waals surface area contributed by atoms with Gasteiger partial charge in [-0.2, -0.15) is 0 Å². The second-order valence-electron chi connectivity index (χ2n) is 1.42. The lowest BCUT2D eigenvalue weighted by Crippen LogP contribution is -2.18. The highest BCUT2D eigenvalue weighted by molar-refractivity contribution is 5.66. The van der Waals surface area contributed by atoms with Crippen molar-refractivity contribution in [3.05, 3.63) is 0 Å². The van der Waals surface area contributed by atoms with Crippen LogP contribution in [-0.4, -0.2) is 43.2 Å². The molecular weight excluding hydrogens is 150 g/mol. The molecule has 0 rings (SSSR count). The molecule has 0 aromatic heterocycles. The van der Waals surface area contributed by atoms with Crippen LogP contribution in [0, 0.1) is 0 Å². The fraction of sp³-hybridized carbons (Fsp3) is 0.833. The summed E-state index contributed by atoms with van der Waals surface area (Å²) in [6, 6.07) is 0. The Morgan fingerprint density at radius 3 is 2.00 bits per heavy atom. The number of aliphatic hydroxyl groups excluding tert-OH is 2. The van der Waals surface area contributed by atoms with Crippen LogP contribution < -0.4 is 5.32 Å². The van der Waals surface area contributed by atoms with Crippen molar-refractivity contribution in [2.24, 2.45) is 0 Å². The van der Waals surface area contributed by atoms with Gasteiger partial charge in [0, 0.05) is 7.05 Å². The van der Waals surface area contributed by atoms with Gasteiger partial charge in [-0.1, -0.05) is 0 Å². The van der Waals surface area contributed by atoms with Crippen LogP contribution in [0.2, 0.25) is 0 Å². The van der Waals surface area contributed by atoms with Gasteiger partial charge in [0.1, 0.15) is 0 Å².